The molecule has 0 saturated heterocycles. The predicted octanol–water partition coefficient (Wildman–Crippen LogP) is 4.68. The zero-order valence-electron chi connectivity index (χ0n) is 11.0. The van der Waals surface area contributed by atoms with Crippen LogP contribution in [0.15, 0.2) is 18.2 Å². The molecule has 0 heterocycles. The van der Waals surface area contributed by atoms with Crippen molar-refractivity contribution in [2.45, 2.75) is 51.9 Å². The minimum Gasteiger partial charge on any atom is -0.294 e. The number of halogens is 1. The highest BCUT2D eigenvalue weighted by atomic mass is 19.1. The molecule has 1 nitrogen and oxygen atoms in total. The number of ketones is 1. The molecule has 0 radical (unpaired) electrons. The number of benzene rings is 1. The van der Waals surface area contributed by atoms with Gasteiger partial charge in [0.2, 0.25) is 0 Å². The Labute approximate surface area is 108 Å². The molecule has 0 unspecified atom stereocenters. The third-order valence-corrected chi connectivity index (χ3v) is 3.86. The molecule has 1 aliphatic rings. The molecule has 1 aromatic rings. The molecule has 0 amide bonds. The van der Waals surface area contributed by atoms with Crippen LogP contribution < -0.4 is 0 Å². The zero-order chi connectivity index (χ0) is 13.0. The van der Waals surface area contributed by atoms with E-state index in [0.717, 1.165) is 31.2 Å². The van der Waals surface area contributed by atoms with Crippen molar-refractivity contribution in [1.29, 1.82) is 0 Å². The largest absolute Gasteiger partial charge is 0.294 e. The molecule has 2 rings (SSSR count). The Morgan fingerprint density at radius 3 is 2.39 bits per heavy atom. The molecule has 18 heavy (non-hydrogen) atoms. The van der Waals surface area contributed by atoms with E-state index in [0.29, 0.717) is 5.56 Å². The summed E-state index contributed by atoms with van der Waals surface area (Å²) >= 11 is 0. The van der Waals surface area contributed by atoms with Gasteiger partial charge in [0.15, 0.2) is 5.78 Å². The van der Waals surface area contributed by atoms with Crippen LogP contribution in [0.5, 0.6) is 0 Å². The zero-order valence-corrected chi connectivity index (χ0v) is 11.0. The van der Waals surface area contributed by atoms with E-state index in [1.165, 1.54) is 25.3 Å². The van der Waals surface area contributed by atoms with Crippen molar-refractivity contribution < 1.29 is 9.18 Å². The summed E-state index contributed by atoms with van der Waals surface area (Å²) < 4.78 is 13.7. The molecule has 98 valence electrons. The van der Waals surface area contributed by atoms with Gasteiger partial charge >= 0.3 is 0 Å². The van der Waals surface area contributed by atoms with Crippen molar-refractivity contribution in [2.24, 2.45) is 5.92 Å². The normalized spacial score (nSPS) is 18.1. The number of hydrogen-bond donors (Lipinski definition) is 0. The molecule has 0 aliphatic heterocycles. The number of carbonyl (C=O) groups excluding carboxylic acids is 1. The van der Waals surface area contributed by atoms with Crippen molar-refractivity contribution >= 4 is 5.78 Å². The Balaban J connectivity index is 2.15. The van der Waals surface area contributed by atoms with Crippen LogP contribution in [0.2, 0.25) is 0 Å². The molecule has 0 atom stereocenters. The highest BCUT2D eigenvalue weighted by Gasteiger charge is 2.23. The first-order valence-corrected chi connectivity index (χ1v) is 6.99. The molecule has 1 saturated carbocycles. The van der Waals surface area contributed by atoms with Crippen LogP contribution in [-0.4, -0.2) is 5.78 Å². The number of aryl methyl sites for hydroxylation is 1. The van der Waals surface area contributed by atoms with Crippen molar-refractivity contribution in [1.82, 2.24) is 0 Å². The van der Waals surface area contributed by atoms with Gasteiger partial charge in [-0.25, -0.2) is 4.39 Å². The average Bonchev–Trinajstić information content (AvgIpc) is 2.31. The lowest BCUT2D eigenvalue weighted by Gasteiger charge is -2.19. The predicted molar refractivity (Wildman–Crippen MR) is 71.3 cm³/mol. The minimum atomic E-state index is -0.368. The average molecular weight is 248 g/mol. The third-order valence-electron chi connectivity index (χ3n) is 3.86. The second kappa shape index (κ2) is 6.12. The van der Waals surface area contributed by atoms with Crippen molar-refractivity contribution in [3.05, 3.63) is 35.1 Å². The molecule has 1 aliphatic carbocycles. The third kappa shape index (κ3) is 3.18. The smallest absolute Gasteiger partial charge is 0.168 e. The van der Waals surface area contributed by atoms with E-state index >= 15 is 0 Å². The lowest BCUT2D eigenvalue weighted by Crippen LogP contribution is -2.17. The Hall–Kier alpha value is -1.18. The van der Waals surface area contributed by atoms with Gasteiger partial charge in [-0.3, -0.25) is 4.79 Å². The molecule has 0 bridgehead atoms. The lowest BCUT2D eigenvalue weighted by molar-refractivity contribution is 0.0894. The fourth-order valence-electron chi connectivity index (χ4n) is 2.77. The number of rotatable bonds is 2. The van der Waals surface area contributed by atoms with Crippen LogP contribution in [0.25, 0.3) is 0 Å². The van der Waals surface area contributed by atoms with E-state index in [4.69, 9.17) is 0 Å². The Morgan fingerprint density at radius 1 is 1.11 bits per heavy atom. The first-order valence-electron chi connectivity index (χ1n) is 6.99. The van der Waals surface area contributed by atoms with Gasteiger partial charge in [-0.05, 0) is 31.9 Å². The summed E-state index contributed by atoms with van der Waals surface area (Å²) in [6, 6.07) is 4.81. The molecule has 0 spiro atoms. The fraction of sp³-hybridized carbons (Fsp3) is 0.562. The van der Waals surface area contributed by atoms with E-state index in [9.17, 15) is 9.18 Å². The second-order valence-corrected chi connectivity index (χ2v) is 5.39. The van der Waals surface area contributed by atoms with Gasteiger partial charge in [-0.2, -0.15) is 0 Å². The van der Waals surface area contributed by atoms with Crippen LogP contribution in [0.3, 0.4) is 0 Å². The lowest BCUT2D eigenvalue weighted by atomic mass is 9.85. The van der Waals surface area contributed by atoms with Gasteiger partial charge < -0.3 is 0 Å². The summed E-state index contributed by atoms with van der Waals surface area (Å²) in [6.07, 6.45) is 7.74. The summed E-state index contributed by atoms with van der Waals surface area (Å²) in [5.41, 5.74) is 1.24. The van der Waals surface area contributed by atoms with E-state index in [2.05, 4.69) is 0 Å². The summed E-state index contributed by atoms with van der Waals surface area (Å²) in [6.45, 7) is 1.90. The number of Topliss-reactive ketones (excluding diaryl/α,β-unsaturated/α-hetero) is 1. The van der Waals surface area contributed by atoms with Gasteiger partial charge in [0.25, 0.3) is 0 Å². The standard InChI is InChI=1S/C16H21FO/c1-12-9-10-15(17)14(11-12)16(18)13-7-5-3-2-4-6-8-13/h9-11,13H,2-8H2,1H3. The first kappa shape index (κ1) is 13.3. The minimum absolute atomic E-state index is 0.0121. The van der Waals surface area contributed by atoms with Gasteiger partial charge in [-0.15, -0.1) is 0 Å². The molecule has 1 aromatic carbocycles. The van der Waals surface area contributed by atoms with E-state index in [-0.39, 0.29) is 17.5 Å². The number of carbonyl (C=O) groups is 1. The van der Waals surface area contributed by atoms with Gasteiger partial charge in [-0.1, -0.05) is 43.7 Å². The molecule has 2 heteroatoms. The van der Waals surface area contributed by atoms with E-state index in [1.54, 1.807) is 12.1 Å². The maximum Gasteiger partial charge on any atom is 0.168 e. The quantitative estimate of drug-likeness (QED) is 0.695. The molecule has 0 N–H and O–H groups in total. The highest BCUT2D eigenvalue weighted by Crippen LogP contribution is 2.26. The van der Waals surface area contributed by atoms with Crippen LogP contribution in [0.4, 0.5) is 4.39 Å². The van der Waals surface area contributed by atoms with Gasteiger partial charge in [0.1, 0.15) is 5.82 Å². The Bertz CT molecular complexity index is 417. The van der Waals surface area contributed by atoms with Crippen molar-refractivity contribution in [3.8, 4) is 0 Å². The summed E-state index contributed by atoms with van der Waals surface area (Å²) in [5.74, 6) is -0.327. The highest BCUT2D eigenvalue weighted by molar-refractivity contribution is 5.98. The maximum atomic E-state index is 13.7. The topological polar surface area (TPSA) is 17.1 Å². The molecular weight excluding hydrogens is 227 g/mol. The monoisotopic (exact) mass is 248 g/mol. The summed E-state index contributed by atoms with van der Waals surface area (Å²) in [4.78, 5) is 12.4. The first-order chi connectivity index (χ1) is 8.68. The molecule has 0 aromatic heterocycles. The fourth-order valence-corrected chi connectivity index (χ4v) is 2.77. The van der Waals surface area contributed by atoms with Gasteiger partial charge in [0, 0.05) is 5.92 Å². The van der Waals surface area contributed by atoms with Crippen LogP contribution >= 0.6 is 0 Å². The van der Waals surface area contributed by atoms with Crippen molar-refractivity contribution in [2.75, 3.05) is 0 Å². The molecule has 1 fully saturated rings. The second-order valence-electron chi connectivity index (χ2n) is 5.39. The van der Waals surface area contributed by atoms with Gasteiger partial charge in [0.05, 0.1) is 5.56 Å². The van der Waals surface area contributed by atoms with Crippen LogP contribution in [0, 0.1) is 18.7 Å². The summed E-state index contributed by atoms with van der Waals surface area (Å²) in [5, 5.41) is 0. The Kier molecular flexibility index (Phi) is 4.51. The van der Waals surface area contributed by atoms with E-state index < -0.39 is 0 Å². The number of hydrogen-bond acceptors (Lipinski definition) is 1. The van der Waals surface area contributed by atoms with Crippen LogP contribution in [0.1, 0.15) is 60.9 Å². The Morgan fingerprint density at radius 2 is 1.72 bits per heavy atom. The maximum absolute atomic E-state index is 13.7. The molecular formula is C16H21FO. The van der Waals surface area contributed by atoms with Crippen LogP contribution in [-0.2, 0) is 0 Å². The van der Waals surface area contributed by atoms with E-state index in [1.807, 2.05) is 6.92 Å². The SMILES string of the molecule is Cc1ccc(F)c(C(=O)C2CCCCCCC2)c1. The van der Waals surface area contributed by atoms with Crippen molar-refractivity contribution in [3.63, 3.8) is 0 Å². The summed E-state index contributed by atoms with van der Waals surface area (Å²) in [7, 11) is 0.